The highest BCUT2D eigenvalue weighted by Gasteiger charge is 2.32. The summed E-state index contributed by atoms with van der Waals surface area (Å²) in [6.07, 6.45) is 2.41. The fraction of sp³-hybridized carbons (Fsp3) is 0.455. The van der Waals surface area contributed by atoms with E-state index >= 15 is 0 Å². The molecule has 1 atom stereocenters. The summed E-state index contributed by atoms with van der Waals surface area (Å²) < 4.78 is 0. The van der Waals surface area contributed by atoms with Crippen molar-refractivity contribution in [1.82, 2.24) is 4.98 Å². The van der Waals surface area contributed by atoms with Crippen molar-refractivity contribution in [2.45, 2.75) is 26.7 Å². The van der Waals surface area contributed by atoms with Crippen LogP contribution in [0.5, 0.6) is 0 Å². The normalized spacial score (nSPS) is 14.5. The molecule has 0 saturated heterocycles. The second-order valence-electron chi connectivity index (χ2n) is 3.99. The number of aliphatic carboxylic acids is 1. The molecule has 0 aliphatic heterocycles. The van der Waals surface area contributed by atoms with Crippen molar-refractivity contribution in [3.8, 4) is 0 Å². The summed E-state index contributed by atoms with van der Waals surface area (Å²) in [5, 5.41) is 9.92. The lowest BCUT2D eigenvalue weighted by Crippen LogP contribution is -2.29. The van der Waals surface area contributed by atoms with Gasteiger partial charge in [-0.1, -0.05) is 30.1 Å². The second kappa shape index (κ2) is 5.02. The van der Waals surface area contributed by atoms with Gasteiger partial charge < -0.3 is 5.11 Å². The average Bonchev–Trinajstić information content (AvgIpc) is 2.22. The first-order valence-electron chi connectivity index (χ1n) is 4.92. The lowest BCUT2D eigenvalue weighted by Gasteiger charge is -2.23. The minimum Gasteiger partial charge on any atom is -0.481 e. The Morgan fingerprint density at radius 1 is 1.56 bits per heavy atom. The molecule has 1 rings (SSSR count). The third kappa shape index (κ3) is 2.86. The Labute approximate surface area is 104 Å². The zero-order valence-corrected chi connectivity index (χ0v) is 10.6. The van der Waals surface area contributed by atoms with Gasteiger partial charge in [-0.05, 0) is 31.4 Å². The Hall–Kier alpha value is -0.800. The van der Waals surface area contributed by atoms with Gasteiger partial charge in [0.25, 0.3) is 0 Å². The quantitative estimate of drug-likeness (QED) is 0.845. The molecule has 0 saturated carbocycles. The molecule has 0 amide bonds. The van der Waals surface area contributed by atoms with Crippen LogP contribution in [0.2, 0.25) is 10.2 Å². The van der Waals surface area contributed by atoms with E-state index in [-0.39, 0.29) is 0 Å². The second-order valence-corrected chi connectivity index (χ2v) is 4.79. The van der Waals surface area contributed by atoms with Gasteiger partial charge in [0.2, 0.25) is 0 Å². The smallest absolute Gasteiger partial charge is 0.309 e. The zero-order valence-electron chi connectivity index (χ0n) is 9.13. The van der Waals surface area contributed by atoms with Crippen molar-refractivity contribution >= 4 is 29.2 Å². The molecule has 16 heavy (non-hydrogen) atoms. The molecule has 0 fully saturated rings. The monoisotopic (exact) mass is 261 g/mol. The first-order valence-corrected chi connectivity index (χ1v) is 5.68. The lowest BCUT2D eigenvalue weighted by atomic mass is 9.82. The number of halogens is 2. The maximum absolute atomic E-state index is 11.1. The molecule has 1 heterocycles. The van der Waals surface area contributed by atoms with Crippen molar-refractivity contribution in [2.75, 3.05) is 0 Å². The van der Waals surface area contributed by atoms with Crippen molar-refractivity contribution < 1.29 is 9.90 Å². The highest BCUT2D eigenvalue weighted by Crippen LogP contribution is 2.30. The Bertz CT molecular complexity index is 409. The summed E-state index contributed by atoms with van der Waals surface area (Å²) in [6, 6.07) is 1.52. The van der Waals surface area contributed by atoms with Crippen LogP contribution in [0.15, 0.2) is 12.3 Å². The van der Waals surface area contributed by atoms with E-state index in [0.717, 1.165) is 0 Å². The van der Waals surface area contributed by atoms with Crippen LogP contribution < -0.4 is 0 Å². The van der Waals surface area contributed by atoms with E-state index in [0.29, 0.717) is 28.6 Å². The topological polar surface area (TPSA) is 50.2 Å². The van der Waals surface area contributed by atoms with E-state index in [2.05, 4.69) is 4.98 Å². The van der Waals surface area contributed by atoms with Crippen LogP contribution in [-0.2, 0) is 11.2 Å². The van der Waals surface area contributed by atoms with Gasteiger partial charge >= 0.3 is 5.97 Å². The summed E-state index contributed by atoms with van der Waals surface area (Å²) >= 11 is 11.7. The maximum atomic E-state index is 11.1. The fourth-order valence-electron chi connectivity index (χ4n) is 1.34. The lowest BCUT2D eigenvalue weighted by molar-refractivity contribution is -0.148. The van der Waals surface area contributed by atoms with Gasteiger partial charge in [0, 0.05) is 11.2 Å². The number of rotatable bonds is 4. The highest BCUT2D eigenvalue weighted by molar-refractivity contribution is 6.34. The van der Waals surface area contributed by atoms with Gasteiger partial charge in [-0.2, -0.15) is 0 Å². The van der Waals surface area contributed by atoms with Crippen molar-refractivity contribution in [1.29, 1.82) is 0 Å². The number of pyridine rings is 1. The van der Waals surface area contributed by atoms with Crippen LogP contribution in [0.25, 0.3) is 0 Å². The molecule has 0 aliphatic rings. The first-order chi connectivity index (χ1) is 7.39. The van der Waals surface area contributed by atoms with Crippen LogP contribution >= 0.6 is 23.2 Å². The molecular weight excluding hydrogens is 249 g/mol. The molecule has 1 unspecified atom stereocenters. The summed E-state index contributed by atoms with van der Waals surface area (Å²) in [7, 11) is 0. The van der Waals surface area contributed by atoms with Gasteiger partial charge in [-0.3, -0.25) is 4.79 Å². The largest absolute Gasteiger partial charge is 0.481 e. The predicted octanol–water partition coefficient (Wildman–Crippen LogP) is 3.43. The molecule has 1 aromatic rings. The Balaban J connectivity index is 2.99. The predicted molar refractivity (Wildman–Crippen MR) is 64.0 cm³/mol. The summed E-state index contributed by atoms with van der Waals surface area (Å²) in [5.74, 6) is -0.832. The number of hydrogen-bond donors (Lipinski definition) is 1. The molecule has 0 spiro atoms. The van der Waals surface area contributed by atoms with Crippen LogP contribution in [-0.4, -0.2) is 16.1 Å². The minimum absolute atomic E-state index is 0.308. The molecule has 0 bridgehead atoms. The van der Waals surface area contributed by atoms with E-state index in [1.165, 1.54) is 12.3 Å². The van der Waals surface area contributed by atoms with Gasteiger partial charge in [0.05, 0.1) is 5.41 Å². The zero-order chi connectivity index (χ0) is 12.3. The minimum atomic E-state index is -0.832. The Morgan fingerprint density at radius 2 is 2.19 bits per heavy atom. The van der Waals surface area contributed by atoms with Crippen LogP contribution in [0.3, 0.4) is 0 Å². The van der Waals surface area contributed by atoms with Crippen LogP contribution in [0.1, 0.15) is 25.8 Å². The third-order valence-electron chi connectivity index (χ3n) is 2.77. The van der Waals surface area contributed by atoms with E-state index < -0.39 is 11.4 Å². The molecule has 3 nitrogen and oxygen atoms in total. The summed E-state index contributed by atoms with van der Waals surface area (Å²) in [5.41, 5.74) is -0.114. The summed E-state index contributed by atoms with van der Waals surface area (Å²) in [6.45, 7) is 3.53. The van der Waals surface area contributed by atoms with Crippen LogP contribution in [0.4, 0.5) is 0 Å². The fourth-order valence-corrected chi connectivity index (χ4v) is 1.77. The Kier molecular flexibility index (Phi) is 4.16. The van der Waals surface area contributed by atoms with Crippen LogP contribution in [0, 0.1) is 5.41 Å². The molecule has 1 N–H and O–H groups in total. The number of carboxylic acids is 1. The SMILES string of the molecule is CCC(C)(Cc1cnc(Cl)cc1Cl)C(=O)O. The molecule has 0 radical (unpaired) electrons. The van der Waals surface area contributed by atoms with Gasteiger partial charge in [0.15, 0.2) is 0 Å². The summed E-state index contributed by atoms with van der Waals surface area (Å²) in [4.78, 5) is 15.1. The highest BCUT2D eigenvalue weighted by atomic mass is 35.5. The molecule has 1 aromatic heterocycles. The van der Waals surface area contributed by atoms with Gasteiger partial charge in [0.1, 0.15) is 5.15 Å². The van der Waals surface area contributed by atoms with Gasteiger partial charge in [-0.25, -0.2) is 4.98 Å². The first kappa shape index (κ1) is 13.3. The van der Waals surface area contributed by atoms with Crippen molar-refractivity contribution in [2.24, 2.45) is 5.41 Å². The number of carbonyl (C=O) groups is 1. The van der Waals surface area contributed by atoms with E-state index in [1.807, 2.05) is 6.92 Å². The Morgan fingerprint density at radius 3 is 2.62 bits per heavy atom. The van der Waals surface area contributed by atoms with Crippen molar-refractivity contribution in [3.05, 3.63) is 28.0 Å². The molecular formula is C11H13Cl2NO2. The number of carboxylic acid groups (broad SMARTS) is 1. The van der Waals surface area contributed by atoms with E-state index in [9.17, 15) is 4.79 Å². The number of nitrogens with zero attached hydrogens (tertiary/aromatic N) is 1. The number of hydrogen-bond acceptors (Lipinski definition) is 2. The maximum Gasteiger partial charge on any atom is 0.309 e. The van der Waals surface area contributed by atoms with Gasteiger partial charge in [-0.15, -0.1) is 0 Å². The van der Waals surface area contributed by atoms with Crippen molar-refractivity contribution in [3.63, 3.8) is 0 Å². The third-order valence-corrected chi connectivity index (χ3v) is 3.33. The van der Waals surface area contributed by atoms with E-state index in [1.54, 1.807) is 6.92 Å². The molecule has 0 aliphatic carbocycles. The molecule has 0 aromatic carbocycles. The molecule has 88 valence electrons. The van der Waals surface area contributed by atoms with E-state index in [4.69, 9.17) is 28.3 Å². The molecule has 5 heteroatoms. The number of aromatic nitrogens is 1. The standard InChI is InChI=1S/C11H13Cl2NO2/c1-3-11(2,10(15)16)5-7-6-14-9(13)4-8(7)12/h4,6H,3,5H2,1-2H3,(H,15,16). The average molecular weight is 262 g/mol.